The lowest BCUT2D eigenvalue weighted by Gasteiger charge is -2.36. The lowest BCUT2D eigenvalue weighted by atomic mass is 9.81. The highest BCUT2D eigenvalue weighted by atomic mass is 15.1. The summed E-state index contributed by atoms with van der Waals surface area (Å²) in [6.45, 7) is 12.1. The van der Waals surface area contributed by atoms with Crippen LogP contribution in [-0.2, 0) is 5.41 Å². The zero-order valence-corrected chi connectivity index (χ0v) is 12.5. The van der Waals surface area contributed by atoms with Crippen LogP contribution in [0.4, 0.5) is 0 Å². The summed E-state index contributed by atoms with van der Waals surface area (Å²) >= 11 is 0. The van der Waals surface area contributed by atoms with E-state index in [0.717, 1.165) is 19.6 Å². The molecule has 1 aromatic rings. The Balaban J connectivity index is 2.88. The Morgan fingerprint density at radius 2 is 1.83 bits per heavy atom. The fourth-order valence-electron chi connectivity index (χ4n) is 2.22. The molecule has 0 heterocycles. The van der Waals surface area contributed by atoms with Crippen LogP contribution in [0.15, 0.2) is 30.3 Å². The van der Waals surface area contributed by atoms with Gasteiger partial charge in [-0.15, -0.1) is 0 Å². The molecule has 2 nitrogen and oxygen atoms in total. The van der Waals surface area contributed by atoms with E-state index in [1.165, 1.54) is 5.56 Å². The molecule has 1 N–H and O–H groups in total. The van der Waals surface area contributed by atoms with Crippen molar-refractivity contribution < 1.29 is 0 Å². The van der Waals surface area contributed by atoms with Crippen LogP contribution in [0, 0.1) is 0 Å². The first-order chi connectivity index (χ1) is 8.49. The van der Waals surface area contributed by atoms with Gasteiger partial charge in [0.15, 0.2) is 0 Å². The number of likely N-dealkylation sites (N-methyl/N-ethyl adjacent to an activating group) is 2. The van der Waals surface area contributed by atoms with Crippen molar-refractivity contribution >= 4 is 0 Å². The summed E-state index contributed by atoms with van der Waals surface area (Å²) in [7, 11) is 2.21. The van der Waals surface area contributed by atoms with E-state index in [2.05, 4.69) is 75.3 Å². The second-order valence-electron chi connectivity index (χ2n) is 5.72. The second-order valence-corrected chi connectivity index (χ2v) is 5.72. The number of nitrogens with zero attached hydrogens (tertiary/aromatic N) is 1. The molecular formula is C16H28N2. The van der Waals surface area contributed by atoms with E-state index in [9.17, 15) is 0 Å². The Morgan fingerprint density at radius 1 is 1.22 bits per heavy atom. The van der Waals surface area contributed by atoms with Crippen molar-refractivity contribution in [3.8, 4) is 0 Å². The van der Waals surface area contributed by atoms with E-state index >= 15 is 0 Å². The number of nitrogens with one attached hydrogen (secondary N) is 1. The van der Waals surface area contributed by atoms with Gasteiger partial charge in [0.1, 0.15) is 0 Å². The van der Waals surface area contributed by atoms with Gasteiger partial charge >= 0.3 is 0 Å². The molecule has 1 unspecified atom stereocenters. The van der Waals surface area contributed by atoms with Gasteiger partial charge in [0.25, 0.3) is 0 Å². The van der Waals surface area contributed by atoms with Gasteiger partial charge in [0.05, 0.1) is 0 Å². The number of rotatable bonds is 7. The summed E-state index contributed by atoms with van der Waals surface area (Å²) < 4.78 is 0. The molecule has 2 heteroatoms. The smallest absolute Gasteiger partial charge is 0.0177 e. The highest BCUT2D eigenvalue weighted by molar-refractivity contribution is 5.25. The summed E-state index contributed by atoms with van der Waals surface area (Å²) in [6.07, 6.45) is 0. The molecule has 0 bridgehead atoms. The first-order valence-corrected chi connectivity index (χ1v) is 6.96. The highest BCUT2D eigenvalue weighted by Gasteiger charge is 2.28. The van der Waals surface area contributed by atoms with Gasteiger partial charge in [-0.3, -0.25) is 0 Å². The molecule has 1 aromatic carbocycles. The van der Waals surface area contributed by atoms with Gasteiger partial charge in [-0.1, -0.05) is 44.2 Å². The summed E-state index contributed by atoms with van der Waals surface area (Å²) in [5.41, 5.74) is 1.58. The van der Waals surface area contributed by atoms with E-state index in [1.807, 2.05) is 0 Å². The number of hydrogen-bond acceptors (Lipinski definition) is 2. The fourth-order valence-corrected chi connectivity index (χ4v) is 2.22. The van der Waals surface area contributed by atoms with Gasteiger partial charge in [-0.2, -0.15) is 0 Å². The molecule has 0 amide bonds. The zero-order valence-electron chi connectivity index (χ0n) is 12.5. The average molecular weight is 248 g/mol. The van der Waals surface area contributed by atoms with Crippen molar-refractivity contribution in [3.05, 3.63) is 35.9 Å². The van der Waals surface area contributed by atoms with Crippen LogP contribution in [-0.4, -0.2) is 37.6 Å². The maximum atomic E-state index is 3.50. The van der Waals surface area contributed by atoms with Crippen LogP contribution in [0.2, 0.25) is 0 Å². The maximum absolute atomic E-state index is 3.50. The summed E-state index contributed by atoms with van der Waals surface area (Å²) in [5.74, 6) is 0. The molecule has 0 aliphatic rings. The third kappa shape index (κ3) is 4.11. The largest absolute Gasteiger partial charge is 0.316 e. The van der Waals surface area contributed by atoms with E-state index in [1.54, 1.807) is 0 Å². The molecule has 0 fully saturated rings. The standard InChI is InChI=1S/C16H28N2/c1-6-17-12-16(4,13-18(5)14(2)3)15-10-8-7-9-11-15/h7-11,14,17H,6,12-13H2,1-5H3. The predicted molar refractivity (Wildman–Crippen MR) is 80.1 cm³/mol. The highest BCUT2D eigenvalue weighted by Crippen LogP contribution is 2.24. The number of benzene rings is 1. The van der Waals surface area contributed by atoms with Crippen molar-refractivity contribution in [1.82, 2.24) is 10.2 Å². The molecule has 0 spiro atoms. The zero-order chi connectivity index (χ0) is 13.6. The third-order valence-electron chi connectivity index (χ3n) is 3.72. The topological polar surface area (TPSA) is 15.3 Å². The maximum Gasteiger partial charge on any atom is 0.0177 e. The van der Waals surface area contributed by atoms with Crippen molar-refractivity contribution in [2.24, 2.45) is 0 Å². The SMILES string of the molecule is CCNCC(C)(CN(C)C(C)C)c1ccccc1. The summed E-state index contributed by atoms with van der Waals surface area (Å²) in [5, 5.41) is 3.50. The van der Waals surface area contributed by atoms with E-state index in [0.29, 0.717) is 6.04 Å². The van der Waals surface area contributed by atoms with Crippen molar-refractivity contribution in [3.63, 3.8) is 0 Å². The minimum atomic E-state index is 0.163. The Hall–Kier alpha value is -0.860. The van der Waals surface area contributed by atoms with Crippen molar-refractivity contribution in [1.29, 1.82) is 0 Å². The molecule has 0 radical (unpaired) electrons. The molecule has 0 saturated carbocycles. The van der Waals surface area contributed by atoms with Gasteiger partial charge < -0.3 is 10.2 Å². The fraction of sp³-hybridized carbons (Fsp3) is 0.625. The summed E-state index contributed by atoms with van der Waals surface area (Å²) in [6, 6.07) is 11.4. The normalized spacial score (nSPS) is 15.1. The molecule has 1 rings (SSSR count). The second kappa shape index (κ2) is 6.91. The van der Waals surface area contributed by atoms with Gasteiger partial charge in [0, 0.05) is 24.5 Å². The molecule has 0 aliphatic carbocycles. The lowest BCUT2D eigenvalue weighted by molar-refractivity contribution is 0.210. The molecule has 0 aliphatic heterocycles. The third-order valence-corrected chi connectivity index (χ3v) is 3.72. The minimum Gasteiger partial charge on any atom is -0.316 e. The van der Waals surface area contributed by atoms with Crippen LogP contribution in [0.3, 0.4) is 0 Å². The molecule has 18 heavy (non-hydrogen) atoms. The Bertz CT molecular complexity index is 334. The monoisotopic (exact) mass is 248 g/mol. The molecule has 0 aromatic heterocycles. The Kier molecular flexibility index (Phi) is 5.83. The Labute approximate surface area is 112 Å². The van der Waals surface area contributed by atoms with Crippen LogP contribution < -0.4 is 5.32 Å². The summed E-state index contributed by atoms with van der Waals surface area (Å²) in [4.78, 5) is 2.42. The lowest BCUT2D eigenvalue weighted by Crippen LogP contribution is -2.46. The van der Waals surface area contributed by atoms with Crippen molar-refractivity contribution in [2.75, 3.05) is 26.7 Å². The van der Waals surface area contributed by atoms with Crippen LogP contribution >= 0.6 is 0 Å². The van der Waals surface area contributed by atoms with Gasteiger partial charge in [-0.05, 0) is 33.0 Å². The quantitative estimate of drug-likeness (QED) is 0.798. The molecule has 1 atom stereocenters. The minimum absolute atomic E-state index is 0.163. The van der Waals surface area contributed by atoms with Crippen LogP contribution in [0.5, 0.6) is 0 Å². The van der Waals surface area contributed by atoms with E-state index in [-0.39, 0.29) is 5.41 Å². The average Bonchev–Trinajstić information content (AvgIpc) is 2.37. The Morgan fingerprint density at radius 3 is 2.33 bits per heavy atom. The van der Waals surface area contributed by atoms with Crippen molar-refractivity contribution in [2.45, 2.75) is 39.2 Å². The molecule has 0 saturated heterocycles. The van der Waals surface area contributed by atoms with E-state index in [4.69, 9.17) is 0 Å². The van der Waals surface area contributed by atoms with Crippen LogP contribution in [0.1, 0.15) is 33.3 Å². The first-order valence-electron chi connectivity index (χ1n) is 6.96. The predicted octanol–water partition coefficient (Wildman–Crippen LogP) is 2.89. The molecule has 102 valence electrons. The molecular weight excluding hydrogens is 220 g/mol. The van der Waals surface area contributed by atoms with Gasteiger partial charge in [0.2, 0.25) is 0 Å². The van der Waals surface area contributed by atoms with Gasteiger partial charge in [-0.25, -0.2) is 0 Å². The van der Waals surface area contributed by atoms with E-state index < -0.39 is 0 Å². The number of hydrogen-bond donors (Lipinski definition) is 1. The van der Waals surface area contributed by atoms with Crippen LogP contribution in [0.25, 0.3) is 0 Å². The first kappa shape index (κ1) is 15.2.